The minimum absolute atomic E-state index is 0.00178. The van der Waals surface area contributed by atoms with E-state index in [0.717, 1.165) is 11.4 Å². The van der Waals surface area contributed by atoms with Crippen LogP contribution in [0.15, 0.2) is 24.3 Å². The molecule has 1 heterocycles. The predicted octanol–water partition coefficient (Wildman–Crippen LogP) is 0.434. The number of anilines is 1. The van der Waals surface area contributed by atoms with Crippen LogP contribution in [0.4, 0.5) is 10.5 Å². The summed E-state index contributed by atoms with van der Waals surface area (Å²) in [5.74, 6) is 0.454. The van der Waals surface area contributed by atoms with Crippen LogP contribution in [0, 0.1) is 0 Å². The van der Waals surface area contributed by atoms with Crippen LogP contribution >= 0.6 is 0 Å². The molecule has 1 aliphatic rings. The van der Waals surface area contributed by atoms with E-state index >= 15 is 0 Å². The van der Waals surface area contributed by atoms with Gasteiger partial charge in [-0.3, -0.25) is 9.69 Å². The maximum Gasteiger partial charge on any atom is 0.325 e. The average Bonchev–Trinajstić information content (AvgIpc) is 2.86. The molecule has 22 heavy (non-hydrogen) atoms. The first-order valence-corrected chi connectivity index (χ1v) is 7.16. The van der Waals surface area contributed by atoms with Crippen LogP contribution in [0.1, 0.15) is 6.92 Å². The molecule has 0 spiro atoms. The monoisotopic (exact) mass is 307 g/mol. The Kier molecular flexibility index (Phi) is 5.21. The number of carbonyl (C=O) groups is 2. The lowest BCUT2D eigenvalue weighted by molar-refractivity contribution is -0.121. The van der Waals surface area contributed by atoms with Gasteiger partial charge in [0.1, 0.15) is 12.3 Å². The zero-order valence-corrected chi connectivity index (χ0v) is 12.8. The number of aliphatic hydroxyl groups excluding tert-OH is 1. The van der Waals surface area contributed by atoms with Crippen molar-refractivity contribution in [2.45, 2.75) is 13.0 Å². The molecule has 1 fully saturated rings. The first-order valence-electron chi connectivity index (χ1n) is 7.16. The molecule has 7 nitrogen and oxygen atoms in total. The molecule has 1 atom stereocenters. The van der Waals surface area contributed by atoms with E-state index < -0.39 is 6.10 Å². The maximum atomic E-state index is 12.3. The Morgan fingerprint density at radius 2 is 2.05 bits per heavy atom. The van der Waals surface area contributed by atoms with Crippen molar-refractivity contribution in [2.24, 2.45) is 0 Å². The molecule has 0 aliphatic carbocycles. The molecule has 0 radical (unpaired) electrons. The van der Waals surface area contributed by atoms with Crippen LogP contribution in [0.2, 0.25) is 0 Å². The second-order valence-corrected chi connectivity index (χ2v) is 5.21. The lowest BCUT2D eigenvalue weighted by Gasteiger charge is -2.18. The number of aliphatic hydroxyl groups is 1. The Morgan fingerprint density at radius 1 is 1.36 bits per heavy atom. The molecule has 1 aromatic rings. The smallest absolute Gasteiger partial charge is 0.325 e. The van der Waals surface area contributed by atoms with Gasteiger partial charge in [0.2, 0.25) is 5.91 Å². The summed E-state index contributed by atoms with van der Waals surface area (Å²) in [6.07, 6.45) is -0.603. The van der Waals surface area contributed by atoms with Crippen molar-refractivity contribution in [3.05, 3.63) is 24.3 Å². The SMILES string of the molecule is COc1ccc(N2CCN(CC(=O)NCC(C)O)C2=O)cc1. The molecule has 120 valence electrons. The maximum absolute atomic E-state index is 12.3. The van der Waals surface area contributed by atoms with Gasteiger partial charge >= 0.3 is 6.03 Å². The number of hydrogen-bond acceptors (Lipinski definition) is 4. The van der Waals surface area contributed by atoms with Crippen molar-refractivity contribution in [3.8, 4) is 5.75 Å². The fourth-order valence-corrected chi connectivity index (χ4v) is 2.22. The molecule has 1 aliphatic heterocycles. The van der Waals surface area contributed by atoms with Crippen molar-refractivity contribution in [2.75, 3.05) is 38.2 Å². The summed E-state index contributed by atoms with van der Waals surface area (Å²) >= 11 is 0. The van der Waals surface area contributed by atoms with Crippen LogP contribution in [0.5, 0.6) is 5.75 Å². The number of amides is 3. The Hall–Kier alpha value is -2.28. The van der Waals surface area contributed by atoms with E-state index in [1.807, 2.05) is 12.1 Å². The van der Waals surface area contributed by atoms with Crippen LogP contribution < -0.4 is 15.0 Å². The number of carbonyl (C=O) groups excluding carboxylic acids is 2. The zero-order chi connectivity index (χ0) is 16.1. The third-order valence-corrected chi connectivity index (χ3v) is 3.41. The molecule has 0 aromatic heterocycles. The zero-order valence-electron chi connectivity index (χ0n) is 12.8. The number of methoxy groups -OCH3 is 1. The first-order chi connectivity index (χ1) is 10.5. The quantitative estimate of drug-likeness (QED) is 0.799. The third-order valence-electron chi connectivity index (χ3n) is 3.41. The lowest BCUT2D eigenvalue weighted by atomic mass is 10.3. The van der Waals surface area contributed by atoms with Gasteiger partial charge < -0.3 is 20.1 Å². The van der Waals surface area contributed by atoms with Crippen LogP contribution in [-0.4, -0.2) is 61.3 Å². The normalized spacial score (nSPS) is 15.9. The topological polar surface area (TPSA) is 82.1 Å². The lowest BCUT2D eigenvalue weighted by Crippen LogP contribution is -2.41. The Morgan fingerprint density at radius 3 is 2.64 bits per heavy atom. The van der Waals surface area contributed by atoms with Crippen molar-refractivity contribution >= 4 is 17.6 Å². The summed E-state index contributed by atoms with van der Waals surface area (Å²) in [6.45, 7) is 2.80. The molecule has 1 aromatic carbocycles. The largest absolute Gasteiger partial charge is 0.497 e. The second-order valence-electron chi connectivity index (χ2n) is 5.21. The Labute approximate surface area is 129 Å². The van der Waals surface area contributed by atoms with Crippen LogP contribution in [0.25, 0.3) is 0 Å². The molecule has 0 saturated carbocycles. The Bertz CT molecular complexity index is 530. The van der Waals surface area contributed by atoms with Gasteiger partial charge in [0.25, 0.3) is 0 Å². The molecule has 2 rings (SSSR count). The highest BCUT2D eigenvalue weighted by atomic mass is 16.5. The fourth-order valence-electron chi connectivity index (χ4n) is 2.22. The van der Waals surface area contributed by atoms with Crippen molar-refractivity contribution in [1.82, 2.24) is 10.2 Å². The second kappa shape index (κ2) is 7.13. The molecule has 0 bridgehead atoms. The van der Waals surface area contributed by atoms with E-state index in [1.165, 1.54) is 4.90 Å². The predicted molar refractivity (Wildman–Crippen MR) is 82.0 cm³/mol. The minimum atomic E-state index is -0.603. The van der Waals surface area contributed by atoms with E-state index in [9.17, 15) is 9.59 Å². The number of nitrogens with one attached hydrogen (secondary N) is 1. The number of ether oxygens (including phenoxy) is 1. The van der Waals surface area contributed by atoms with E-state index in [0.29, 0.717) is 13.1 Å². The van der Waals surface area contributed by atoms with Crippen LogP contribution in [-0.2, 0) is 4.79 Å². The summed E-state index contributed by atoms with van der Waals surface area (Å²) in [4.78, 5) is 27.2. The molecule has 1 unspecified atom stereocenters. The molecule has 3 amide bonds. The van der Waals surface area contributed by atoms with Gasteiger partial charge in [0, 0.05) is 25.3 Å². The molecule has 7 heteroatoms. The van der Waals surface area contributed by atoms with Gasteiger partial charge in [-0.2, -0.15) is 0 Å². The fraction of sp³-hybridized carbons (Fsp3) is 0.467. The Balaban J connectivity index is 1.92. The first kappa shape index (κ1) is 16.1. The van der Waals surface area contributed by atoms with E-state index in [2.05, 4.69) is 5.32 Å². The number of nitrogens with zero attached hydrogens (tertiary/aromatic N) is 2. The van der Waals surface area contributed by atoms with Gasteiger partial charge in [0.05, 0.1) is 13.2 Å². The molecular weight excluding hydrogens is 286 g/mol. The van der Waals surface area contributed by atoms with E-state index in [1.54, 1.807) is 31.1 Å². The number of urea groups is 1. The summed E-state index contributed by atoms with van der Waals surface area (Å²) in [5, 5.41) is 11.7. The van der Waals surface area contributed by atoms with Gasteiger partial charge in [-0.05, 0) is 31.2 Å². The molecular formula is C15H21N3O4. The van der Waals surface area contributed by atoms with Crippen molar-refractivity contribution in [3.63, 3.8) is 0 Å². The van der Waals surface area contributed by atoms with Gasteiger partial charge in [-0.1, -0.05) is 0 Å². The van der Waals surface area contributed by atoms with Gasteiger partial charge in [-0.25, -0.2) is 4.79 Å². The highest BCUT2D eigenvalue weighted by molar-refractivity contribution is 5.96. The number of rotatable bonds is 6. The standard InChI is InChI=1S/C15H21N3O4/c1-11(19)9-16-14(20)10-17-7-8-18(15(17)21)12-3-5-13(22-2)6-4-12/h3-6,11,19H,7-10H2,1-2H3,(H,16,20). The van der Waals surface area contributed by atoms with E-state index in [-0.39, 0.29) is 25.0 Å². The van der Waals surface area contributed by atoms with Crippen LogP contribution in [0.3, 0.4) is 0 Å². The van der Waals surface area contributed by atoms with Crippen molar-refractivity contribution < 1.29 is 19.4 Å². The number of hydrogen-bond donors (Lipinski definition) is 2. The molecule has 1 saturated heterocycles. The summed E-state index contributed by atoms with van der Waals surface area (Å²) in [5.41, 5.74) is 0.776. The van der Waals surface area contributed by atoms with E-state index in [4.69, 9.17) is 9.84 Å². The average molecular weight is 307 g/mol. The highest BCUT2D eigenvalue weighted by Gasteiger charge is 2.30. The van der Waals surface area contributed by atoms with Gasteiger partial charge in [-0.15, -0.1) is 0 Å². The molecule has 2 N–H and O–H groups in total. The minimum Gasteiger partial charge on any atom is -0.497 e. The van der Waals surface area contributed by atoms with Crippen molar-refractivity contribution in [1.29, 1.82) is 0 Å². The summed E-state index contributed by atoms with van der Waals surface area (Å²) in [7, 11) is 1.59. The summed E-state index contributed by atoms with van der Waals surface area (Å²) < 4.78 is 5.09. The van der Waals surface area contributed by atoms with Gasteiger partial charge in [0.15, 0.2) is 0 Å². The number of benzene rings is 1. The summed E-state index contributed by atoms with van der Waals surface area (Å²) in [6, 6.07) is 7.01. The highest BCUT2D eigenvalue weighted by Crippen LogP contribution is 2.22. The third kappa shape index (κ3) is 3.88.